The van der Waals surface area contributed by atoms with E-state index in [-0.39, 0.29) is 17.7 Å². The van der Waals surface area contributed by atoms with Gasteiger partial charge in [-0.25, -0.2) is 0 Å². The lowest BCUT2D eigenvalue weighted by molar-refractivity contribution is -0.122. The van der Waals surface area contributed by atoms with Gasteiger partial charge in [0.15, 0.2) is 0 Å². The first-order valence-corrected chi connectivity index (χ1v) is 6.63. The van der Waals surface area contributed by atoms with Gasteiger partial charge < -0.3 is 10.5 Å². The Morgan fingerprint density at radius 3 is 2.94 bits per heavy atom. The Bertz CT molecular complexity index is 442. The fraction of sp³-hybridized carbons (Fsp3) is 0.533. The first-order chi connectivity index (χ1) is 8.67. The number of hydrogen-bond donors (Lipinski definition) is 1. The minimum Gasteiger partial charge on any atom is -0.497 e. The van der Waals surface area contributed by atoms with Crippen LogP contribution in [-0.4, -0.2) is 13.0 Å². The third-order valence-electron chi connectivity index (χ3n) is 3.93. The van der Waals surface area contributed by atoms with Crippen molar-refractivity contribution in [3.8, 4) is 5.75 Å². The standard InChI is InChI=1S/C15H21NO2/c1-3-4-13(15(16)17)12-8-6-10-5-7-11(18-2)9-14(10)12/h5,7,9,12-13H,3-4,6,8H2,1-2H3,(H2,16,17)/t12?,13-/m0/s1. The van der Waals surface area contributed by atoms with Crippen molar-refractivity contribution in [1.29, 1.82) is 0 Å². The third-order valence-corrected chi connectivity index (χ3v) is 3.93. The zero-order chi connectivity index (χ0) is 13.1. The number of rotatable bonds is 5. The lowest BCUT2D eigenvalue weighted by Gasteiger charge is -2.21. The molecule has 1 aromatic carbocycles. The van der Waals surface area contributed by atoms with Gasteiger partial charge in [0.1, 0.15) is 5.75 Å². The Morgan fingerprint density at radius 2 is 2.33 bits per heavy atom. The summed E-state index contributed by atoms with van der Waals surface area (Å²) in [6.07, 6.45) is 3.92. The fourth-order valence-corrected chi connectivity index (χ4v) is 3.01. The van der Waals surface area contributed by atoms with Crippen LogP contribution < -0.4 is 10.5 Å². The molecule has 0 bridgehead atoms. The Hall–Kier alpha value is -1.51. The van der Waals surface area contributed by atoms with Gasteiger partial charge in [-0.05, 0) is 48.4 Å². The Kier molecular flexibility index (Phi) is 3.90. The molecule has 2 rings (SSSR count). The predicted molar refractivity (Wildman–Crippen MR) is 71.6 cm³/mol. The quantitative estimate of drug-likeness (QED) is 0.869. The van der Waals surface area contributed by atoms with Crippen LogP contribution in [0.2, 0.25) is 0 Å². The van der Waals surface area contributed by atoms with Crippen molar-refractivity contribution in [2.24, 2.45) is 11.7 Å². The van der Waals surface area contributed by atoms with E-state index < -0.39 is 0 Å². The van der Waals surface area contributed by atoms with Gasteiger partial charge in [0.05, 0.1) is 7.11 Å². The predicted octanol–water partition coefficient (Wildman–Crippen LogP) is 2.63. The molecule has 0 radical (unpaired) electrons. The number of carbonyl (C=O) groups excluding carboxylic acids is 1. The Morgan fingerprint density at radius 1 is 1.56 bits per heavy atom. The largest absolute Gasteiger partial charge is 0.497 e. The highest BCUT2D eigenvalue weighted by molar-refractivity contribution is 5.78. The summed E-state index contributed by atoms with van der Waals surface area (Å²) >= 11 is 0. The van der Waals surface area contributed by atoms with Gasteiger partial charge in [0.25, 0.3) is 0 Å². The molecule has 0 fully saturated rings. The molecule has 3 heteroatoms. The molecule has 2 atom stereocenters. The summed E-state index contributed by atoms with van der Waals surface area (Å²) in [6.45, 7) is 2.09. The summed E-state index contributed by atoms with van der Waals surface area (Å²) in [5.41, 5.74) is 8.15. The normalized spacial score (nSPS) is 19.3. The second kappa shape index (κ2) is 5.42. The number of benzene rings is 1. The number of ether oxygens (including phenoxy) is 1. The van der Waals surface area contributed by atoms with Crippen LogP contribution in [0.5, 0.6) is 5.75 Å². The van der Waals surface area contributed by atoms with E-state index in [2.05, 4.69) is 19.1 Å². The van der Waals surface area contributed by atoms with Crippen molar-refractivity contribution in [3.05, 3.63) is 29.3 Å². The minimum atomic E-state index is -0.169. The molecule has 1 aliphatic rings. The molecule has 0 aliphatic heterocycles. The van der Waals surface area contributed by atoms with E-state index in [4.69, 9.17) is 10.5 Å². The maximum atomic E-state index is 11.6. The van der Waals surface area contributed by atoms with Crippen molar-refractivity contribution in [2.75, 3.05) is 7.11 Å². The molecule has 0 saturated carbocycles. The van der Waals surface area contributed by atoms with Gasteiger partial charge in [0, 0.05) is 5.92 Å². The molecule has 1 amide bonds. The summed E-state index contributed by atoms with van der Waals surface area (Å²) in [6, 6.07) is 6.16. The van der Waals surface area contributed by atoms with E-state index in [1.165, 1.54) is 11.1 Å². The van der Waals surface area contributed by atoms with Crippen molar-refractivity contribution in [2.45, 2.75) is 38.5 Å². The molecule has 0 aromatic heterocycles. The van der Waals surface area contributed by atoms with Crippen molar-refractivity contribution in [1.82, 2.24) is 0 Å². The van der Waals surface area contributed by atoms with Crippen LogP contribution in [0.3, 0.4) is 0 Å². The molecule has 1 aromatic rings. The summed E-state index contributed by atoms with van der Waals surface area (Å²) in [4.78, 5) is 11.6. The summed E-state index contributed by atoms with van der Waals surface area (Å²) < 4.78 is 5.27. The number of fused-ring (bicyclic) bond motifs is 1. The maximum Gasteiger partial charge on any atom is 0.221 e. The third kappa shape index (κ3) is 2.35. The number of primary amides is 1. The topological polar surface area (TPSA) is 52.3 Å². The highest BCUT2D eigenvalue weighted by Crippen LogP contribution is 2.41. The highest BCUT2D eigenvalue weighted by Gasteiger charge is 2.32. The van der Waals surface area contributed by atoms with Crippen LogP contribution in [0, 0.1) is 5.92 Å². The van der Waals surface area contributed by atoms with E-state index in [1.54, 1.807) is 7.11 Å². The van der Waals surface area contributed by atoms with Crippen LogP contribution in [0.25, 0.3) is 0 Å². The molecule has 18 heavy (non-hydrogen) atoms. The first-order valence-electron chi connectivity index (χ1n) is 6.63. The van der Waals surface area contributed by atoms with E-state index in [1.807, 2.05) is 6.07 Å². The van der Waals surface area contributed by atoms with Gasteiger partial charge in [0.2, 0.25) is 5.91 Å². The minimum absolute atomic E-state index is 0.0386. The van der Waals surface area contributed by atoms with E-state index in [0.717, 1.165) is 31.4 Å². The molecule has 1 aliphatic carbocycles. The molecule has 98 valence electrons. The highest BCUT2D eigenvalue weighted by atomic mass is 16.5. The molecule has 0 saturated heterocycles. The lowest BCUT2D eigenvalue weighted by atomic mass is 9.84. The number of carbonyl (C=O) groups is 1. The molecule has 2 N–H and O–H groups in total. The number of nitrogens with two attached hydrogens (primary N) is 1. The number of hydrogen-bond acceptors (Lipinski definition) is 2. The van der Waals surface area contributed by atoms with Crippen LogP contribution in [0.1, 0.15) is 43.2 Å². The lowest BCUT2D eigenvalue weighted by Crippen LogP contribution is -2.28. The second-order valence-electron chi connectivity index (χ2n) is 5.01. The number of amides is 1. The van der Waals surface area contributed by atoms with Gasteiger partial charge in [-0.1, -0.05) is 19.4 Å². The Labute approximate surface area is 108 Å². The van der Waals surface area contributed by atoms with Crippen LogP contribution >= 0.6 is 0 Å². The zero-order valence-corrected chi connectivity index (χ0v) is 11.1. The van der Waals surface area contributed by atoms with E-state index >= 15 is 0 Å². The smallest absolute Gasteiger partial charge is 0.221 e. The van der Waals surface area contributed by atoms with Crippen molar-refractivity contribution in [3.63, 3.8) is 0 Å². The van der Waals surface area contributed by atoms with E-state index in [9.17, 15) is 4.79 Å². The van der Waals surface area contributed by atoms with Gasteiger partial charge in [-0.15, -0.1) is 0 Å². The molecule has 3 nitrogen and oxygen atoms in total. The number of methoxy groups -OCH3 is 1. The molecule has 1 unspecified atom stereocenters. The van der Waals surface area contributed by atoms with Crippen molar-refractivity contribution < 1.29 is 9.53 Å². The average Bonchev–Trinajstić information content (AvgIpc) is 2.78. The van der Waals surface area contributed by atoms with E-state index in [0.29, 0.717) is 0 Å². The fourth-order valence-electron chi connectivity index (χ4n) is 3.01. The van der Waals surface area contributed by atoms with Crippen LogP contribution in [0.4, 0.5) is 0 Å². The number of aryl methyl sites for hydroxylation is 1. The van der Waals surface area contributed by atoms with Crippen LogP contribution in [0.15, 0.2) is 18.2 Å². The van der Waals surface area contributed by atoms with Gasteiger partial charge in [-0.2, -0.15) is 0 Å². The molecule has 0 spiro atoms. The summed E-state index contributed by atoms with van der Waals surface area (Å²) in [7, 11) is 1.67. The first kappa shape index (κ1) is 12.9. The molecular formula is C15H21NO2. The maximum absolute atomic E-state index is 11.6. The van der Waals surface area contributed by atoms with Gasteiger partial charge >= 0.3 is 0 Å². The molecule has 0 heterocycles. The monoisotopic (exact) mass is 247 g/mol. The Balaban J connectivity index is 2.31. The molecular weight excluding hydrogens is 226 g/mol. The van der Waals surface area contributed by atoms with Crippen LogP contribution in [-0.2, 0) is 11.2 Å². The summed E-state index contributed by atoms with van der Waals surface area (Å²) in [5.74, 6) is 0.925. The van der Waals surface area contributed by atoms with Gasteiger partial charge in [-0.3, -0.25) is 4.79 Å². The summed E-state index contributed by atoms with van der Waals surface area (Å²) in [5, 5.41) is 0. The van der Waals surface area contributed by atoms with Crippen molar-refractivity contribution >= 4 is 5.91 Å². The zero-order valence-electron chi connectivity index (χ0n) is 11.1. The second-order valence-corrected chi connectivity index (χ2v) is 5.01. The average molecular weight is 247 g/mol. The SMILES string of the molecule is CCC[C@H](C(N)=O)C1CCc2ccc(OC)cc21.